The SMILES string of the molecule is CC(NC(=O)c1cccs1)C(=O)Nc1cccc(S(=O)(=O)N2CCN(C)CC2)c1. The second-order valence-electron chi connectivity index (χ2n) is 6.90. The van der Waals surface area contributed by atoms with Crippen LogP contribution in [0.15, 0.2) is 46.7 Å². The third-order valence-corrected chi connectivity index (χ3v) is 7.45. The molecule has 1 saturated heterocycles. The molecule has 2 aromatic rings. The number of rotatable bonds is 6. The van der Waals surface area contributed by atoms with Gasteiger partial charge in [-0.2, -0.15) is 4.31 Å². The Bertz CT molecular complexity index is 968. The van der Waals surface area contributed by atoms with E-state index in [0.717, 1.165) is 0 Å². The first-order valence-corrected chi connectivity index (χ1v) is 11.5. The van der Waals surface area contributed by atoms with Crippen molar-refractivity contribution in [2.75, 3.05) is 38.5 Å². The van der Waals surface area contributed by atoms with Crippen LogP contribution in [0, 0.1) is 0 Å². The number of piperazine rings is 1. The zero-order chi connectivity index (χ0) is 21.0. The first kappa shape index (κ1) is 21.4. The number of hydrogen-bond donors (Lipinski definition) is 2. The molecule has 0 radical (unpaired) electrons. The van der Waals surface area contributed by atoms with E-state index in [1.807, 2.05) is 7.05 Å². The van der Waals surface area contributed by atoms with Gasteiger partial charge in [-0.15, -0.1) is 11.3 Å². The van der Waals surface area contributed by atoms with Crippen LogP contribution >= 0.6 is 11.3 Å². The molecule has 3 rings (SSSR count). The van der Waals surface area contributed by atoms with E-state index in [9.17, 15) is 18.0 Å². The predicted octanol–water partition coefficient (Wildman–Crippen LogP) is 1.44. The fourth-order valence-corrected chi connectivity index (χ4v) is 5.00. The van der Waals surface area contributed by atoms with Crippen molar-refractivity contribution in [2.24, 2.45) is 0 Å². The number of carbonyl (C=O) groups excluding carboxylic acids is 2. The van der Waals surface area contributed by atoms with Crippen LogP contribution < -0.4 is 10.6 Å². The summed E-state index contributed by atoms with van der Waals surface area (Å²) in [5, 5.41) is 7.09. The topological polar surface area (TPSA) is 98.8 Å². The molecule has 10 heteroatoms. The van der Waals surface area contributed by atoms with Gasteiger partial charge in [-0.1, -0.05) is 12.1 Å². The van der Waals surface area contributed by atoms with Gasteiger partial charge in [0.1, 0.15) is 6.04 Å². The lowest BCUT2D eigenvalue weighted by Gasteiger charge is -2.31. The van der Waals surface area contributed by atoms with Gasteiger partial charge < -0.3 is 15.5 Å². The highest BCUT2D eigenvalue weighted by molar-refractivity contribution is 7.89. The summed E-state index contributed by atoms with van der Waals surface area (Å²) in [4.78, 5) is 27.2. The Labute approximate surface area is 174 Å². The van der Waals surface area contributed by atoms with Crippen molar-refractivity contribution in [3.8, 4) is 0 Å². The van der Waals surface area contributed by atoms with Crippen LogP contribution in [0.3, 0.4) is 0 Å². The molecule has 2 amide bonds. The van der Waals surface area contributed by atoms with Crippen LogP contribution in [0.2, 0.25) is 0 Å². The molecule has 0 saturated carbocycles. The van der Waals surface area contributed by atoms with Gasteiger partial charge in [0.2, 0.25) is 15.9 Å². The van der Waals surface area contributed by atoms with Crippen molar-refractivity contribution < 1.29 is 18.0 Å². The smallest absolute Gasteiger partial charge is 0.261 e. The van der Waals surface area contributed by atoms with Crippen molar-refractivity contribution in [2.45, 2.75) is 17.9 Å². The van der Waals surface area contributed by atoms with E-state index in [2.05, 4.69) is 15.5 Å². The lowest BCUT2D eigenvalue weighted by Crippen LogP contribution is -2.47. The number of carbonyl (C=O) groups is 2. The summed E-state index contributed by atoms with van der Waals surface area (Å²) in [6.45, 7) is 3.79. The molecule has 1 aromatic carbocycles. The summed E-state index contributed by atoms with van der Waals surface area (Å²) in [6, 6.07) is 8.84. The quantitative estimate of drug-likeness (QED) is 0.714. The lowest BCUT2D eigenvalue weighted by atomic mass is 10.2. The molecule has 0 aliphatic carbocycles. The first-order chi connectivity index (χ1) is 13.8. The average molecular weight is 437 g/mol. The molecule has 2 N–H and O–H groups in total. The van der Waals surface area contributed by atoms with Crippen LogP contribution in [-0.2, 0) is 14.8 Å². The van der Waals surface area contributed by atoms with Gasteiger partial charge in [-0.3, -0.25) is 9.59 Å². The maximum atomic E-state index is 12.9. The van der Waals surface area contributed by atoms with Gasteiger partial charge >= 0.3 is 0 Å². The van der Waals surface area contributed by atoms with Gasteiger partial charge in [0.25, 0.3) is 5.91 Å². The predicted molar refractivity (Wildman–Crippen MR) is 113 cm³/mol. The molecule has 29 heavy (non-hydrogen) atoms. The summed E-state index contributed by atoms with van der Waals surface area (Å²) in [5.74, 6) is -0.752. The number of nitrogens with one attached hydrogen (secondary N) is 2. The molecule has 1 aliphatic heterocycles. The molecule has 0 bridgehead atoms. The second kappa shape index (κ2) is 9.04. The number of nitrogens with zero attached hydrogens (tertiary/aromatic N) is 2. The van der Waals surface area contributed by atoms with Crippen LogP contribution in [0.1, 0.15) is 16.6 Å². The number of anilines is 1. The minimum absolute atomic E-state index is 0.134. The largest absolute Gasteiger partial charge is 0.340 e. The number of thiophene rings is 1. The van der Waals surface area contributed by atoms with Crippen molar-refractivity contribution in [3.63, 3.8) is 0 Å². The van der Waals surface area contributed by atoms with Crippen LogP contribution in [0.5, 0.6) is 0 Å². The van der Waals surface area contributed by atoms with Crippen molar-refractivity contribution in [1.29, 1.82) is 0 Å². The molecule has 156 valence electrons. The Morgan fingerprint density at radius 3 is 2.48 bits per heavy atom. The molecule has 1 atom stereocenters. The molecule has 2 heterocycles. The van der Waals surface area contributed by atoms with E-state index in [1.54, 1.807) is 36.6 Å². The van der Waals surface area contributed by atoms with E-state index in [0.29, 0.717) is 36.7 Å². The first-order valence-electron chi connectivity index (χ1n) is 9.21. The average Bonchev–Trinajstić information content (AvgIpc) is 3.23. The fourth-order valence-electron chi connectivity index (χ4n) is 2.90. The van der Waals surface area contributed by atoms with E-state index in [-0.39, 0.29) is 10.8 Å². The molecule has 1 aliphatic rings. The Hall–Kier alpha value is -2.27. The minimum Gasteiger partial charge on any atom is -0.340 e. The summed E-state index contributed by atoms with van der Waals surface area (Å²) in [5.41, 5.74) is 0.363. The number of benzene rings is 1. The van der Waals surface area contributed by atoms with Gasteiger partial charge in [-0.25, -0.2) is 8.42 Å². The standard InChI is InChI=1S/C19H24N4O4S2/c1-14(20-19(25)17-7-4-12-28-17)18(24)21-15-5-3-6-16(13-15)29(26,27)23-10-8-22(2)9-11-23/h3-7,12-14H,8-11H2,1-2H3,(H,20,25)(H,21,24). The van der Waals surface area contributed by atoms with Gasteiger partial charge in [-0.05, 0) is 43.6 Å². The molecule has 1 aromatic heterocycles. The Kier molecular flexibility index (Phi) is 6.68. The van der Waals surface area contributed by atoms with Crippen LogP contribution in [-0.4, -0.2) is 68.7 Å². The third-order valence-electron chi connectivity index (χ3n) is 4.69. The number of likely N-dealkylation sites (N-methyl/N-ethyl adjacent to an activating group) is 1. The molecular formula is C19H24N4O4S2. The van der Waals surface area contributed by atoms with Gasteiger partial charge in [0.15, 0.2) is 0 Å². The normalized spacial score (nSPS) is 16.9. The Balaban J connectivity index is 1.66. The van der Waals surface area contributed by atoms with E-state index < -0.39 is 22.0 Å². The van der Waals surface area contributed by atoms with E-state index in [1.165, 1.54) is 27.8 Å². The maximum absolute atomic E-state index is 12.9. The van der Waals surface area contributed by atoms with Crippen molar-refractivity contribution in [3.05, 3.63) is 46.7 Å². The van der Waals surface area contributed by atoms with E-state index in [4.69, 9.17) is 0 Å². The fraction of sp³-hybridized carbons (Fsp3) is 0.368. The lowest BCUT2D eigenvalue weighted by molar-refractivity contribution is -0.117. The summed E-state index contributed by atoms with van der Waals surface area (Å²) in [7, 11) is -1.67. The molecule has 8 nitrogen and oxygen atoms in total. The maximum Gasteiger partial charge on any atom is 0.261 e. The van der Waals surface area contributed by atoms with Crippen molar-refractivity contribution in [1.82, 2.24) is 14.5 Å². The Morgan fingerprint density at radius 1 is 1.10 bits per heavy atom. The summed E-state index contributed by atoms with van der Waals surface area (Å²) >= 11 is 1.29. The highest BCUT2D eigenvalue weighted by Crippen LogP contribution is 2.21. The Morgan fingerprint density at radius 2 is 1.83 bits per heavy atom. The minimum atomic E-state index is -3.63. The zero-order valence-corrected chi connectivity index (χ0v) is 17.9. The van der Waals surface area contributed by atoms with Gasteiger partial charge in [0.05, 0.1) is 9.77 Å². The number of sulfonamides is 1. The molecular weight excluding hydrogens is 412 g/mol. The molecule has 1 fully saturated rings. The molecule has 1 unspecified atom stereocenters. The number of hydrogen-bond acceptors (Lipinski definition) is 6. The van der Waals surface area contributed by atoms with Gasteiger partial charge in [0, 0.05) is 31.9 Å². The monoisotopic (exact) mass is 436 g/mol. The second-order valence-corrected chi connectivity index (χ2v) is 9.78. The van der Waals surface area contributed by atoms with Crippen LogP contribution in [0.25, 0.3) is 0 Å². The van der Waals surface area contributed by atoms with Crippen molar-refractivity contribution >= 4 is 38.9 Å². The summed E-state index contributed by atoms with van der Waals surface area (Å²) < 4.78 is 27.2. The molecule has 0 spiro atoms. The highest BCUT2D eigenvalue weighted by Gasteiger charge is 2.27. The summed E-state index contributed by atoms with van der Waals surface area (Å²) in [6.07, 6.45) is 0. The third kappa shape index (κ3) is 5.21. The zero-order valence-electron chi connectivity index (χ0n) is 16.3. The highest BCUT2D eigenvalue weighted by atomic mass is 32.2. The number of amides is 2. The van der Waals surface area contributed by atoms with Crippen LogP contribution in [0.4, 0.5) is 5.69 Å². The van der Waals surface area contributed by atoms with E-state index >= 15 is 0 Å².